The maximum Gasteiger partial charge on any atom is 0.311 e. The van der Waals surface area contributed by atoms with E-state index < -0.39 is 11.4 Å². The molecule has 2 N–H and O–H groups in total. The Hall–Kier alpha value is -2.11. The number of carboxylic acid groups (broad SMARTS) is 1. The van der Waals surface area contributed by atoms with Gasteiger partial charge in [0.05, 0.1) is 11.6 Å². The van der Waals surface area contributed by atoms with Crippen molar-refractivity contribution in [2.45, 2.75) is 38.5 Å². The molecule has 2 aromatic rings. The van der Waals surface area contributed by atoms with Crippen LogP contribution in [0.4, 0.5) is 5.82 Å². The summed E-state index contributed by atoms with van der Waals surface area (Å²) in [5.74, 6) is 0.00945. The van der Waals surface area contributed by atoms with Gasteiger partial charge in [0, 0.05) is 18.8 Å². The van der Waals surface area contributed by atoms with Gasteiger partial charge in [-0.1, -0.05) is 25.7 Å². The van der Waals surface area contributed by atoms with Crippen LogP contribution in [0.1, 0.15) is 38.5 Å². The zero-order valence-electron chi connectivity index (χ0n) is 12.0. The highest BCUT2D eigenvalue weighted by Gasteiger charge is 2.38. The van der Waals surface area contributed by atoms with Crippen molar-refractivity contribution in [3.8, 4) is 0 Å². The number of aliphatic carboxylic acids is 1. The molecule has 0 amide bonds. The lowest BCUT2D eigenvalue weighted by atomic mass is 9.80. The highest BCUT2D eigenvalue weighted by molar-refractivity contribution is 5.75. The summed E-state index contributed by atoms with van der Waals surface area (Å²) in [4.78, 5) is 16.2. The van der Waals surface area contributed by atoms with Crippen molar-refractivity contribution >= 4 is 17.4 Å². The summed E-state index contributed by atoms with van der Waals surface area (Å²) >= 11 is 0. The van der Waals surface area contributed by atoms with Crippen LogP contribution in [0.5, 0.6) is 0 Å². The van der Waals surface area contributed by atoms with E-state index in [1.807, 2.05) is 18.3 Å². The van der Waals surface area contributed by atoms with E-state index in [0.717, 1.165) is 44.2 Å². The minimum Gasteiger partial charge on any atom is -0.481 e. The highest BCUT2D eigenvalue weighted by Crippen LogP contribution is 2.35. The zero-order valence-corrected chi connectivity index (χ0v) is 12.0. The van der Waals surface area contributed by atoms with Gasteiger partial charge in [0.25, 0.3) is 0 Å². The van der Waals surface area contributed by atoms with E-state index in [1.165, 1.54) is 0 Å². The van der Waals surface area contributed by atoms with E-state index in [0.29, 0.717) is 12.4 Å². The quantitative estimate of drug-likeness (QED) is 0.845. The maximum absolute atomic E-state index is 11.7. The molecule has 1 saturated carbocycles. The SMILES string of the molecule is O=C(O)C1(CNc2ccn3nccc3n2)CCCCCC1. The Morgan fingerprint density at radius 3 is 2.76 bits per heavy atom. The standard InChI is InChI=1S/C15H20N4O2/c20-14(21)15(7-3-1-2-4-8-15)11-16-12-6-10-19-13(18-12)5-9-17-19/h5-6,9-10H,1-4,7-8,11H2,(H,16,18)(H,20,21). The molecule has 112 valence electrons. The van der Waals surface area contributed by atoms with Crippen LogP contribution in [-0.4, -0.2) is 32.2 Å². The average molecular weight is 288 g/mol. The Morgan fingerprint density at radius 2 is 2.05 bits per heavy atom. The van der Waals surface area contributed by atoms with Crippen molar-refractivity contribution in [2.24, 2.45) is 5.41 Å². The molecular weight excluding hydrogens is 268 g/mol. The molecule has 6 nitrogen and oxygen atoms in total. The molecule has 0 atom stereocenters. The summed E-state index contributed by atoms with van der Waals surface area (Å²) in [5.41, 5.74) is 0.0927. The molecule has 0 radical (unpaired) electrons. The topological polar surface area (TPSA) is 79.5 Å². The molecule has 0 unspecified atom stereocenters. The predicted molar refractivity (Wildman–Crippen MR) is 79.2 cm³/mol. The highest BCUT2D eigenvalue weighted by atomic mass is 16.4. The molecule has 2 heterocycles. The second-order valence-corrected chi connectivity index (χ2v) is 5.80. The maximum atomic E-state index is 11.7. The Labute approximate surface area is 123 Å². The first-order valence-electron chi connectivity index (χ1n) is 7.47. The van der Waals surface area contributed by atoms with E-state index >= 15 is 0 Å². The van der Waals surface area contributed by atoms with Gasteiger partial charge in [-0.2, -0.15) is 5.10 Å². The van der Waals surface area contributed by atoms with Crippen molar-refractivity contribution < 1.29 is 9.90 Å². The van der Waals surface area contributed by atoms with Gasteiger partial charge >= 0.3 is 5.97 Å². The third kappa shape index (κ3) is 2.84. The number of carboxylic acids is 1. The van der Waals surface area contributed by atoms with Gasteiger partial charge in [-0.15, -0.1) is 0 Å². The molecule has 2 aromatic heterocycles. The minimum absolute atomic E-state index is 0.430. The van der Waals surface area contributed by atoms with Crippen LogP contribution < -0.4 is 5.32 Å². The monoisotopic (exact) mass is 288 g/mol. The van der Waals surface area contributed by atoms with Gasteiger partial charge in [0.2, 0.25) is 0 Å². The number of fused-ring (bicyclic) bond motifs is 1. The lowest BCUT2D eigenvalue weighted by molar-refractivity contribution is -0.149. The van der Waals surface area contributed by atoms with E-state index in [2.05, 4.69) is 15.4 Å². The average Bonchev–Trinajstić information content (AvgIpc) is 2.81. The fraction of sp³-hybridized carbons (Fsp3) is 0.533. The third-order valence-corrected chi connectivity index (χ3v) is 4.38. The minimum atomic E-state index is -0.692. The molecule has 1 aliphatic carbocycles. The molecule has 0 bridgehead atoms. The van der Waals surface area contributed by atoms with Crippen molar-refractivity contribution in [1.82, 2.24) is 14.6 Å². The number of nitrogens with one attached hydrogen (secondary N) is 1. The fourth-order valence-corrected chi connectivity index (χ4v) is 3.04. The Kier molecular flexibility index (Phi) is 3.77. The number of nitrogens with zero attached hydrogens (tertiary/aromatic N) is 3. The van der Waals surface area contributed by atoms with Crippen LogP contribution in [0.3, 0.4) is 0 Å². The van der Waals surface area contributed by atoms with Crippen LogP contribution >= 0.6 is 0 Å². The van der Waals surface area contributed by atoms with Gasteiger partial charge < -0.3 is 10.4 Å². The van der Waals surface area contributed by atoms with Crippen LogP contribution in [0.25, 0.3) is 5.65 Å². The Bertz CT molecular complexity index is 629. The molecule has 3 rings (SSSR count). The van der Waals surface area contributed by atoms with Crippen molar-refractivity contribution in [2.75, 3.05) is 11.9 Å². The van der Waals surface area contributed by atoms with E-state index in [4.69, 9.17) is 0 Å². The lowest BCUT2D eigenvalue weighted by Gasteiger charge is -2.28. The number of aromatic nitrogens is 3. The molecule has 0 spiro atoms. The number of anilines is 1. The summed E-state index contributed by atoms with van der Waals surface area (Å²) in [6, 6.07) is 3.65. The number of carbonyl (C=O) groups is 1. The normalized spacial score (nSPS) is 18.3. The summed E-state index contributed by atoms with van der Waals surface area (Å²) < 4.78 is 1.68. The summed E-state index contributed by atoms with van der Waals surface area (Å²) in [6.07, 6.45) is 9.24. The van der Waals surface area contributed by atoms with Gasteiger partial charge in [0.15, 0.2) is 5.65 Å². The second kappa shape index (κ2) is 5.71. The van der Waals surface area contributed by atoms with Gasteiger partial charge in [-0.25, -0.2) is 9.50 Å². The van der Waals surface area contributed by atoms with Gasteiger partial charge in [0.1, 0.15) is 5.82 Å². The summed E-state index contributed by atoms with van der Waals surface area (Å²) in [7, 11) is 0. The summed E-state index contributed by atoms with van der Waals surface area (Å²) in [5, 5.41) is 17.0. The van der Waals surface area contributed by atoms with Crippen molar-refractivity contribution in [1.29, 1.82) is 0 Å². The number of hydrogen-bond donors (Lipinski definition) is 2. The van der Waals surface area contributed by atoms with Crippen LogP contribution in [-0.2, 0) is 4.79 Å². The zero-order chi connectivity index (χ0) is 14.7. The van der Waals surface area contributed by atoms with Crippen LogP contribution in [0, 0.1) is 5.41 Å². The number of hydrogen-bond acceptors (Lipinski definition) is 4. The molecule has 0 aromatic carbocycles. The molecule has 0 aliphatic heterocycles. The van der Waals surface area contributed by atoms with E-state index in [9.17, 15) is 9.90 Å². The van der Waals surface area contributed by atoms with Crippen molar-refractivity contribution in [3.63, 3.8) is 0 Å². The predicted octanol–water partition coefficient (Wildman–Crippen LogP) is 2.57. The first-order chi connectivity index (χ1) is 10.2. The fourth-order valence-electron chi connectivity index (χ4n) is 3.04. The van der Waals surface area contributed by atoms with Gasteiger partial charge in [-0.3, -0.25) is 4.79 Å². The second-order valence-electron chi connectivity index (χ2n) is 5.80. The Balaban J connectivity index is 1.75. The molecule has 0 saturated heterocycles. The lowest BCUT2D eigenvalue weighted by Crippen LogP contribution is -2.37. The summed E-state index contributed by atoms with van der Waals surface area (Å²) in [6.45, 7) is 0.430. The van der Waals surface area contributed by atoms with Crippen molar-refractivity contribution in [3.05, 3.63) is 24.5 Å². The van der Waals surface area contributed by atoms with E-state index in [1.54, 1.807) is 10.7 Å². The van der Waals surface area contributed by atoms with Gasteiger partial charge in [-0.05, 0) is 18.9 Å². The molecular formula is C15H20N4O2. The smallest absolute Gasteiger partial charge is 0.311 e. The van der Waals surface area contributed by atoms with E-state index in [-0.39, 0.29) is 0 Å². The third-order valence-electron chi connectivity index (χ3n) is 4.38. The molecule has 1 fully saturated rings. The largest absolute Gasteiger partial charge is 0.481 e. The first kappa shape index (κ1) is 13.9. The van der Waals surface area contributed by atoms with Crippen LogP contribution in [0.2, 0.25) is 0 Å². The molecule has 1 aliphatic rings. The molecule has 6 heteroatoms. The first-order valence-corrected chi connectivity index (χ1v) is 7.47. The molecule has 21 heavy (non-hydrogen) atoms. The number of rotatable bonds is 4. The Morgan fingerprint density at radius 1 is 1.29 bits per heavy atom. The van der Waals surface area contributed by atoms with Crippen LogP contribution in [0.15, 0.2) is 24.5 Å².